The number of H-pyrrole nitrogens is 1. The molecule has 2 heterocycles. The van der Waals surface area contributed by atoms with Crippen LogP contribution in [-0.4, -0.2) is 18.1 Å². The van der Waals surface area contributed by atoms with E-state index in [9.17, 15) is 0 Å². The zero-order chi connectivity index (χ0) is 11.0. The molecule has 2 nitrogen and oxygen atoms in total. The van der Waals surface area contributed by atoms with Gasteiger partial charge in [0, 0.05) is 21.5 Å². The molecule has 16 heavy (non-hydrogen) atoms. The summed E-state index contributed by atoms with van der Waals surface area (Å²) in [5.74, 6) is 0.695. The third-order valence-corrected chi connectivity index (χ3v) is 4.07. The molecule has 0 atom stereocenters. The SMILES string of the molecule is Brc1cccc2cc(C3CCNCC3)[nH]c12. The van der Waals surface area contributed by atoms with Crippen LogP contribution in [0.4, 0.5) is 0 Å². The van der Waals surface area contributed by atoms with Crippen LogP contribution >= 0.6 is 15.9 Å². The Kier molecular flexibility index (Phi) is 2.74. The van der Waals surface area contributed by atoms with Crippen molar-refractivity contribution in [1.82, 2.24) is 10.3 Å². The number of aromatic amines is 1. The lowest BCUT2D eigenvalue weighted by Gasteiger charge is -2.21. The van der Waals surface area contributed by atoms with E-state index in [2.05, 4.69) is 50.5 Å². The minimum absolute atomic E-state index is 0.695. The molecule has 1 aromatic carbocycles. The molecule has 0 spiro atoms. The summed E-state index contributed by atoms with van der Waals surface area (Å²) >= 11 is 3.59. The first-order valence-electron chi connectivity index (χ1n) is 5.82. The van der Waals surface area contributed by atoms with Crippen LogP contribution in [0, 0.1) is 0 Å². The molecule has 84 valence electrons. The van der Waals surface area contributed by atoms with Gasteiger partial charge in [0.15, 0.2) is 0 Å². The van der Waals surface area contributed by atoms with Crippen LogP contribution in [0.15, 0.2) is 28.7 Å². The number of fused-ring (bicyclic) bond motifs is 1. The van der Waals surface area contributed by atoms with Crippen molar-refractivity contribution >= 4 is 26.8 Å². The van der Waals surface area contributed by atoms with Gasteiger partial charge in [-0.3, -0.25) is 0 Å². The number of hydrogen-bond acceptors (Lipinski definition) is 1. The molecule has 1 saturated heterocycles. The lowest BCUT2D eigenvalue weighted by molar-refractivity contribution is 0.455. The van der Waals surface area contributed by atoms with E-state index in [-0.39, 0.29) is 0 Å². The maximum atomic E-state index is 3.59. The summed E-state index contributed by atoms with van der Waals surface area (Å²) in [6.07, 6.45) is 2.48. The van der Waals surface area contributed by atoms with Gasteiger partial charge in [0.25, 0.3) is 0 Å². The topological polar surface area (TPSA) is 27.8 Å². The summed E-state index contributed by atoms with van der Waals surface area (Å²) < 4.78 is 1.16. The van der Waals surface area contributed by atoms with Crippen molar-refractivity contribution in [3.05, 3.63) is 34.4 Å². The van der Waals surface area contributed by atoms with Crippen molar-refractivity contribution in [1.29, 1.82) is 0 Å². The van der Waals surface area contributed by atoms with Crippen molar-refractivity contribution in [2.45, 2.75) is 18.8 Å². The number of aromatic nitrogens is 1. The fraction of sp³-hybridized carbons (Fsp3) is 0.385. The molecule has 1 fully saturated rings. The van der Waals surface area contributed by atoms with Gasteiger partial charge < -0.3 is 10.3 Å². The Hall–Kier alpha value is -0.800. The van der Waals surface area contributed by atoms with Crippen LogP contribution in [0.3, 0.4) is 0 Å². The van der Waals surface area contributed by atoms with Crippen molar-refractivity contribution in [2.24, 2.45) is 0 Å². The predicted molar refractivity (Wildman–Crippen MR) is 70.8 cm³/mol. The first-order valence-corrected chi connectivity index (χ1v) is 6.62. The van der Waals surface area contributed by atoms with Gasteiger partial charge in [0.2, 0.25) is 0 Å². The van der Waals surface area contributed by atoms with E-state index < -0.39 is 0 Å². The summed E-state index contributed by atoms with van der Waals surface area (Å²) in [6.45, 7) is 2.28. The zero-order valence-electron chi connectivity index (χ0n) is 9.09. The standard InChI is InChI=1S/C13H15BrN2/c14-11-3-1-2-10-8-12(16-13(10)11)9-4-6-15-7-5-9/h1-3,8-9,15-16H,4-7H2. The Bertz CT molecular complexity index is 498. The molecule has 1 aliphatic rings. The predicted octanol–water partition coefficient (Wildman–Crippen LogP) is 3.40. The largest absolute Gasteiger partial charge is 0.357 e. The lowest BCUT2D eigenvalue weighted by Crippen LogP contribution is -2.26. The number of para-hydroxylation sites is 1. The van der Waals surface area contributed by atoms with E-state index in [1.807, 2.05) is 0 Å². The second-order valence-corrected chi connectivity index (χ2v) is 5.31. The van der Waals surface area contributed by atoms with Gasteiger partial charge in [0.05, 0.1) is 5.52 Å². The van der Waals surface area contributed by atoms with Crippen LogP contribution in [0.2, 0.25) is 0 Å². The zero-order valence-corrected chi connectivity index (χ0v) is 10.7. The maximum Gasteiger partial charge on any atom is 0.0600 e. The average Bonchev–Trinajstić information content (AvgIpc) is 2.76. The summed E-state index contributed by atoms with van der Waals surface area (Å²) in [7, 11) is 0. The molecule has 2 N–H and O–H groups in total. The Morgan fingerprint density at radius 3 is 2.75 bits per heavy atom. The lowest BCUT2D eigenvalue weighted by atomic mass is 9.95. The van der Waals surface area contributed by atoms with Gasteiger partial charge in [-0.2, -0.15) is 0 Å². The molecule has 2 aromatic rings. The van der Waals surface area contributed by atoms with Crippen molar-refractivity contribution in [3.8, 4) is 0 Å². The number of halogens is 1. The van der Waals surface area contributed by atoms with Gasteiger partial charge in [-0.1, -0.05) is 12.1 Å². The molecule has 0 unspecified atom stereocenters. The van der Waals surface area contributed by atoms with E-state index in [1.165, 1.54) is 29.4 Å². The number of rotatable bonds is 1. The first kappa shape index (κ1) is 10.4. The van der Waals surface area contributed by atoms with Gasteiger partial charge in [-0.05, 0) is 54.0 Å². The van der Waals surface area contributed by atoms with E-state index in [0.29, 0.717) is 5.92 Å². The fourth-order valence-electron chi connectivity index (χ4n) is 2.49. The second-order valence-electron chi connectivity index (χ2n) is 4.45. The monoisotopic (exact) mass is 278 g/mol. The Morgan fingerprint density at radius 2 is 2.00 bits per heavy atom. The normalized spacial score (nSPS) is 18.1. The summed E-state index contributed by atoms with van der Waals surface area (Å²) in [5.41, 5.74) is 2.62. The highest BCUT2D eigenvalue weighted by Gasteiger charge is 2.17. The van der Waals surface area contributed by atoms with Crippen molar-refractivity contribution in [3.63, 3.8) is 0 Å². The van der Waals surface area contributed by atoms with Gasteiger partial charge in [0.1, 0.15) is 0 Å². The van der Waals surface area contributed by atoms with Crippen LogP contribution in [0.1, 0.15) is 24.5 Å². The van der Waals surface area contributed by atoms with E-state index >= 15 is 0 Å². The van der Waals surface area contributed by atoms with E-state index in [4.69, 9.17) is 0 Å². The van der Waals surface area contributed by atoms with Gasteiger partial charge >= 0.3 is 0 Å². The summed E-state index contributed by atoms with van der Waals surface area (Å²) in [4.78, 5) is 3.56. The second kappa shape index (κ2) is 4.22. The molecular weight excluding hydrogens is 264 g/mol. The fourth-order valence-corrected chi connectivity index (χ4v) is 2.97. The molecule has 0 aliphatic carbocycles. The molecule has 0 amide bonds. The molecule has 1 aromatic heterocycles. The molecule has 0 bridgehead atoms. The first-order chi connectivity index (χ1) is 7.84. The number of benzene rings is 1. The molecule has 0 radical (unpaired) electrons. The van der Waals surface area contributed by atoms with Crippen molar-refractivity contribution in [2.75, 3.05) is 13.1 Å². The quantitative estimate of drug-likeness (QED) is 0.822. The molecular formula is C13H15BrN2. The van der Waals surface area contributed by atoms with Gasteiger partial charge in [-0.15, -0.1) is 0 Å². The minimum Gasteiger partial charge on any atom is -0.357 e. The van der Waals surface area contributed by atoms with E-state index in [1.54, 1.807) is 0 Å². The molecule has 0 saturated carbocycles. The Balaban J connectivity index is 2.01. The Morgan fingerprint density at radius 1 is 1.19 bits per heavy atom. The highest BCUT2D eigenvalue weighted by atomic mass is 79.9. The highest BCUT2D eigenvalue weighted by molar-refractivity contribution is 9.10. The minimum atomic E-state index is 0.695. The smallest absolute Gasteiger partial charge is 0.0600 e. The van der Waals surface area contributed by atoms with Crippen LogP contribution in [0.25, 0.3) is 10.9 Å². The molecule has 3 heteroatoms. The molecule has 3 rings (SSSR count). The average molecular weight is 279 g/mol. The summed E-state index contributed by atoms with van der Waals surface area (Å²) in [6, 6.07) is 8.65. The van der Waals surface area contributed by atoms with Crippen LogP contribution in [-0.2, 0) is 0 Å². The number of nitrogens with one attached hydrogen (secondary N) is 2. The van der Waals surface area contributed by atoms with Crippen LogP contribution in [0.5, 0.6) is 0 Å². The van der Waals surface area contributed by atoms with Crippen LogP contribution < -0.4 is 5.32 Å². The number of piperidine rings is 1. The highest BCUT2D eigenvalue weighted by Crippen LogP contribution is 2.30. The van der Waals surface area contributed by atoms with E-state index in [0.717, 1.165) is 17.6 Å². The number of hydrogen-bond donors (Lipinski definition) is 2. The third kappa shape index (κ3) is 1.78. The summed E-state index contributed by atoms with van der Waals surface area (Å²) in [5, 5.41) is 4.71. The maximum absolute atomic E-state index is 3.59. The molecule has 1 aliphatic heterocycles. The van der Waals surface area contributed by atoms with Gasteiger partial charge in [-0.25, -0.2) is 0 Å². The van der Waals surface area contributed by atoms with Crippen molar-refractivity contribution < 1.29 is 0 Å². The third-order valence-electron chi connectivity index (χ3n) is 3.41. The Labute approximate surface area is 104 Å².